The molecule has 0 aliphatic heterocycles. The van der Waals surface area contributed by atoms with E-state index in [1.54, 1.807) is 0 Å². The molecule has 0 aliphatic rings. The van der Waals surface area contributed by atoms with Gasteiger partial charge < -0.3 is 4.74 Å². The number of ketones is 1. The molecule has 0 saturated heterocycles. The first kappa shape index (κ1) is 14.1. The Kier molecular flexibility index (Phi) is 4.01. The lowest BCUT2D eigenvalue weighted by Gasteiger charge is -2.02. The van der Waals surface area contributed by atoms with Crippen molar-refractivity contribution in [2.45, 2.75) is 6.92 Å². The summed E-state index contributed by atoms with van der Waals surface area (Å²) in [5.74, 6) is 0.646. The fourth-order valence-corrected chi connectivity index (χ4v) is 2.23. The third kappa shape index (κ3) is 3.23. The predicted molar refractivity (Wildman–Crippen MR) is 89.2 cm³/mol. The van der Waals surface area contributed by atoms with Crippen LogP contribution in [-0.4, -0.2) is 5.78 Å². The van der Waals surface area contributed by atoms with Gasteiger partial charge in [0.05, 0.1) is 6.26 Å². The standard InChI is InChI=1S/C20H16O2/c1-15-6-8-17(9-7-15)20(21)12-13-22-19-11-10-16-4-2-3-5-18(16)14-19/h2-14H,1H3. The maximum absolute atomic E-state index is 12.0. The Morgan fingerprint density at radius 1 is 0.909 bits per heavy atom. The Hall–Kier alpha value is -2.87. The highest BCUT2D eigenvalue weighted by molar-refractivity contribution is 6.04. The number of carbonyl (C=O) groups is 1. The topological polar surface area (TPSA) is 26.3 Å². The van der Waals surface area contributed by atoms with Crippen molar-refractivity contribution in [1.82, 2.24) is 0 Å². The molecule has 0 aliphatic carbocycles. The number of aryl methyl sites for hydroxylation is 1. The summed E-state index contributed by atoms with van der Waals surface area (Å²) >= 11 is 0. The van der Waals surface area contributed by atoms with Gasteiger partial charge >= 0.3 is 0 Å². The minimum atomic E-state index is -0.0687. The van der Waals surface area contributed by atoms with Crippen LogP contribution in [0.3, 0.4) is 0 Å². The first-order valence-corrected chi connectivity index (χ1v) is 7.15. The minimum absolute atomic E-state index is 0.0687. The molecule has 0 unspecified atom stereocenters. The van der Waals surface area contributed by atoms with Gasteiger partial charge in [0.25, 0.3) is 0 Å². The lowest BCUT2D eigenvalue weighted by atomic mass is 10.1. The van der Waals surface area contributed by atoms with Crippen LogP contribution in [-0.2, 0) is 0 Å². The van der Waals surface area contributed by atoms with Gasteiger partial charge in [0.1, 0.15) is 5.75 Å². The van der Waals surface area contributed by atoms with Crippen LogP contribution in [0, 0.1) is 6.92 Å². The van der Waals surface area contributed by atoms with Gasteiger partial charge in [-0.05, 0) is 29.8 Å². The maximum atomic E-state index is 12.0. The lowest BCUT2D eigenvalue weighted by Crippen LogP contribution is -1.95. The van der Waals surface area contributed by atoms with Crippen molar-refractivity contribution < 1.29 is 9.53 Å². The third-order valence-corrected chi connectivity index (χ3v) is 3.48. The third-order valence-electron chi connectivity index (χ3n) is 3.48. The van der Waals surface area contributed by atoms with E-state index in [0.717, 1.165) is 16.3 Å². The quantitative estimate of drug-likeness (QED) is 0.387. The molecule has 0 saturated carbocycles. The molecule has 0 heterocycles. The van der Waals surface area contributed by atoms with Crippen molar-refractivity contribution in [3.05, 3.63) is 90.2 Å². The van der Waals surface area contributed by atoms with E-state index in [-0.39, 0.29) is 5.78 Å². The summed E-state index contributed by atoms with van der Waals surface area (Å²) in [7, 11) is 0. The van der Waals surface area contributed by atoms with Gasteiger partial charge in [-0.1, -0.05) is 60.2 Å². The van der Waals surface area contributed by atoms with Crippen LogP contribution in [0.15, 0.2) is 79.1 Å². The zero-order valence-electron chi connectivity index (χ0n) is 12.3. The van der Waals surface area contributed by atoms with Gasteiger partial charge in [-0.2, -0.15) is 0 Å². The zero-order valence-corrected chi connectivity index (χ0v) is 12.3. The van der Waals surface area contributed by atoms with Crippen molar-refractivity contribution in [3.63, 3.8) is 0 Å². The number of rotatable bonds is 4. The van der Waals surface area contributed by atoms with E-state index in [1.165, 1.54) is 12.3 Å². The van der Waals surface area contributed by atoms with E-state index in [9.17, 15) is 4.79 Å². The fraction of sp³-hybridized carbons (Fsp3) is 0.0500. The normalized spacial score (nSPS) is 11.0. The number of fused-ring (bicyclic) bond motifs is 1. The van der Waals surface area contributed by atoms with Crippen LogP contribution in [0.5, 0.6) is 5.75 Å². The van der Waals surface area contributed by atoms with Crippen LogP contribution in [0.25, 0.3) is 10.8 Å². The van der Waals surface area contributed by atoms with Crippen LogP contribution >= 0.6 is 0 Å². The molecule has 0 bridgehead atoms. The second kappa shape index (κ2) is 6.27. The molecule has 3 aromatic rings. The minimum Gasteiger partial charge on any atom is -0.465 e. The van der Waals surface area contributed by atoms with Crippen molar-refractivity contribution in [2.75, 3.05) is 0 Å². The molecule has 3 rings (SSSR count). The molecule has 0 radical (unpaired) electrons. The van der Waals surface area contributed by atoms with E-state index in [1.807, 2.05) is 67.6 Å². The van der Waals surface area contributed by atoms with E-state index in [2.05, 4.69) is 6.07 Å². The van der Waals surface area contributed by atoms with Crippen molar-refractivity contribution in [1.29, 1.82) is 0 Å². The maximum Gasteiger partial charge on any atom is 0.188 e. The Labute approximate surface area is 129 Å². The zero-order chi connectivity index (χ0) is 15.4. The number of ether oxygens (including phenoxy) is 1. The van der Waals surface area contributed by atoms with Crippen LogP contribution in [0.4, 0.5) is 0 Å². The van der Waals surface area contributed by atoms with E-state index in [4.69, 9.17) is 4.74 Å². The lowest BCUT2D eigenvalue weighted by molar-refractivity contribution is 0.104. The molecular formula is C20H16O2. The van der Waals surface area contributed by atoms with Gasteiger partial charge in [-0.3, -0.25) is 4.79 Å². The molecule has 22 heavy (non-hydrogen) atoms. The number of carbonyl (C=O) groups excluding carboxylic acids is 1. The first-order chi connectivity index (χ1) is 10.7. The second-order valence-electron chi connectivity index (χ2n) is 5.16. The number of allylic oxidation sites excluding steroid dienone is 1. The largest absolute Gasteiger partial charge is 0.465 e. The average molecular weight is 288 g/mol. The molecule has 108 valence electrons. The molecule has 0 N–H and O–H groups in total. The average Bonchev–Trinajstić information content (AvgIpc) is 2.55. The number of hydrogen-bond acceptors (Lipinski definition) is 2. The summed E-state index contributed by atoms with van der Waals surface area (Å²) in [4.78, 5) is 12.0. The Bertz CT molecular complexity index is 830. The Morgan fingerprint density at radius 3 is 2.41 bits per heavy atom. The molecule has 3 aromatic carbocycles. The van der Waals surface area contributed by atoms with Crippen molar-refractivity contribution in [2.24, 2.45) is 0 Å². The van der Waals surface area contributed by atoms with Gasteiger partial charge in [-0.25, -0.2) is 0 Å². The summed E-state index contributed by atoms with van der Waals surface area (Å²) in [6.07, 6.45) is 2.88. The van der Waals surface area contributed by atoms with Gasteiger partial charge in [-0.15, -0.1) is 0 Å². The summed E-state index contributed by atoms with van der Waals surface area (Å²) in [5.41, 5.74) is 1.79. The van der Waals surface area contributed by atoms with Gasteiger partial charge in [0.15, 0.2) is 5.78 Å². The SMILES string of the molecule is Cc1ccc(C(=O)C=COc2ccc3ccccc3c2)cc1. The fourth-order valence-electron chi connectivity index (χ4n) is 2.23. The van der Waals surface area contributed by atoms with E-state index >= 15 is 0 Å². The van der Waals surface area contributed by atoms with Gasteiger partial charge in [0.2, 0.25) is 0 Å². The highest BCUT2D eigenvalue weighted by Crippen LogP contribution is 2.20. The highest BCUT2D eigenvalue weighted by Gasteiger charge is 2.01. The molecule has 0 aromatic heterocycles. The van der Waals surface area contributed by atoms with Crippen LogP contribution < -0.4 is 4.74 Å². The second-order valence-corrected chi connectivity index (χ2v) is 5.16. The summed E-state index contributed by atoms with van der Waals surface area (Å²) in [6, 6.07) is 21.4. The van der Waals surface area contributed by atoms with Crippen LogP contribution in [0.2, 0.25) is 0 Å². The molecule has 0 atom stereocenters. The van der Waals surface area contributed by atoms with E-state index < -0.39 is 0 Å². The predicted octanol–water partition coefficient (Wildman–Crippen LogP) is 4.92. The smallest absolute Gasteiger partial charge is 0.188 e. The molecule has 2 nitrogen and oxygen atoms in total. The number of hydrogen-bond donors (Lipinski definition) is 0. The molecule has 0 amide bonds. The van der Waals surface area contributed by atoms with Gasteiger partial charge in [0, 0.05) is 11.6 Å². The monoisotopic (exact) mass is 288 g/mol. The van der Waals surface area contributed by atoms with Crippen molar-refractivity contribution in [3.8, 4) is 5.75 Å². The van der Waals surface area contributed by atoms with Crippen LogP contribution in [0.1, 0.15) is 15.9 Å². The first-order valence-electron chi connectivity index (χ1n) is 7.15. The highest BCUT2D eigenvalue weighted by atomic mass is 16.5. The Morgan fingerprint density at radius 2 is 1.64 bits per heavy atom. The molecular weight excluding hydrogens is 272 g/mol. The molecule has 0 fully saturated rings. The van der Waals surface area contributed by atoms with E-state index in [0.29, 0.717) is 11.3 Å². The summed E-state index contributed by atoms with van der Waals surface area (Å²) in [5, 5.41) is 2.27. The Balaban J connectivity index is 1.70. The molecule has 2 heteroatoms. The molecule has 0 spiro atoms. The summed E-state index contributed by atoms with van der Waals surface area (Å²) < 4.78 is 5.53. The van der Waals surface area contributed by atoms with Crippen molar-refractivity contribution >= 4 is 16.6 Å². The number of benzene rings is 3. The summed E-state index contributed by atoms with van der Waals surface area (Å²) in [6.45, 7) is 1.99.